The molecule has 3 rings (SSSR count). The van der Waals surface area contributed by atoms with E-state index in [1.807, 2.05) is 23.6 Å². The third-order valence-electron chi connectivity index (χ3n) is 6.45. The van der Waals surface area contributed by atoms with Gasteiger partial charge in [-0.05, 0) is 51.9 Å². The summed E-state index contributed by atoms with van der Waals surface area (Å²) in [4.78, 5) is 31.3. The number of hydrogen-bond donors (Lipinski definition) is 1. The van der Waals surface area contributed by atoms with Gasteiger partial charge in [0, 0.05) is 57.8 Å². The summed E-state index contributed by atoms with van der Waals surface area (Å²) in [6, 6.07) is 1.30. The maximum Gasteiger partial charge on any atom is 0.236 e. The van der Waals surface area contributed by atoms with Gasteiger partial charge in [-0.25, -0.2) is 0 Å². The number of hydrogen-bond acceptors (Lipinski definition) is 4. The van der Waals surface area contributed by atoms with E-state index in [0.717, 1.165) is 45.7 Å². The van der Waals surface area contributed by atoms with Gasteiger partial charge in [0.15, 0.2) is 0 Å². The predicted octanol–water partition coefficient (Wildman–Crippen LogP) is 1.31. The Labute approximate surface area is 158 Å². The maximum absolute atomic E-state index is 12.8. The van der Waals surface area contributed by atoms with Crippen LogP contribution in [0.3, 0.4) is 0 Å². The molecule has 0 radical (unpaired) electrons. The van der Waals surface area contributed by atoms with Crippen molar-refractivity contribution in [3.05, 3.63) is 0 Å². The zero-order valence-corrected chi connectivity index (χ0v) is 16.6. The van der Waals surface area contributed by atoms with E-state index >= 15 is 0 Å². The fourth-order valence-electron chi connectivity index (χ4n) is 4.96. The molecule has 0 aromatic carbocycles. The molecule has 0 aromatic heterocycles. The van der Waals surface area contributed by atoms with E-state index in [2.05, 4.69) is 10.2 Å². The summed E-state index contributed by atoms with van der Waals surface area (Å²) in [5.41, 5.74) is 0. The Morgan fingerprint density at radius 1 is 1.00 bits per heavy atom. The van der Waals surface area contributed by atoms with Gasteiger partial charge in [-0.15, -0.1) is 0 Å². The molecule has 6 heteroatoms. The molecule has 1 N–H and O–H groups in total. The van der Waals surface area contributed by atoms with Crippen LogP contribution in [0.2, 0.25) is 0 Å². The van der Waals surface area contributed by atoms with Crippen molar-refractivity contribution in [2.45, 2.75) is 64.5 Å². The molecule has 0 aliphatic carbocycles. The zero-order valence-electron chi connectivity index (χ0n) is 16.6. The van der Waals surface area contributed by atoms with Crippen LogP contribution in [0, 0.1) is 5.92 Å². The molecular formula is C20H36N4O2. The number of nitrogens with one attached hydrogen (secondary N) is 1. The van der Waals surface area contributed by atoms with Crippen molar-refractivity contribution >= 4 is 11.8 Å². The van der Waals surface area contributed by atoms with Crippen molar-refractivity contribution in [2.24, 2.45) is 5.92 Å². The van der Waals surface area contributed by atoms with Crippen molar-refractivity contribution < 1.29 is 9.59 Å². The second-order valence-electron chi connectivity index (χ2n) is 8.26. The minimum atomic E-state index is 0.208. The molecule has 26 heavy (non-hydrogen) atoms. The molecular weight excluding hydrogens is 328 g/mol. The highest BCUT2D eigenvalue weighted by molar-refractivity contribution is 5.78. The van der Waals surface area contributed by atoms with Gasteiger partial charge >= 0.3 is 0 Å². The average Bonchev–Trinajstić information content (AvgIpc) is 2.82. The molecule has 0 spiro atoms. The molecule has 6 nitrogen and oxygen atoms in total. The summed E-state index contributed by atoms with van der Waals surface area (Å²) in [5.74, 6) is 1.10. The lowest BCUT2D eigenvalue weighted by atomic mass is 9.89. The van der Waals surface area contributed by atoms with Crippen molar-refractivity contribution in [1.82, 2.24) is 20.0 Å². The Kier molecular flexibility index (Phi) is 6.92. The van der Waals surface area contributed by atoms with Gasteiger partial charge in [0.2, 0.25) is 11.8 Å². The number of carbonyl (C=O) groups excluding carboxylic acids is 2. The molecule has 0 saturated carbocycles. The van der Waals surface area contributed by atoms with Gasteiger partial charge in [0.1, 0.15) is 0 Å². The predicted molar refractivity (Wildman–Crippen MR) is 103 cm³/mol. The van der Waals surface area contributed by atoms with Crippen molar-refractivity contribution in [3.8, 4) is 0 Å². The summed E-state index contributed by atoms with van der Waals surface area (Å²) >= 11 is 0. The van der Waals surface area contributed by atoms with E-state index in [1.165, 1.54) is 25.7 Å². The van der Waals surface area contributed by atoms with Crippen LogP contribution in [0.15, 0.2) is 0 Å². The first kappa shape index (κ1) is 19.6. The van der Waals surface area contributed by atoms with Crippen molar-refractivity contribution in [1.29, 1.82) is 0 Å². The molecule has 2 amide bonds. The van der Waals surface area contributed by atoms with E-state index < -0.39 is 0 Å². The number of fused-ring (bicyclic) bond motifs is 2. The molecule has 0 aromatic rings. The van der Waals surface area contributed by atoms with Crippen LogP contribution < -0.4 is 5.32 Å². The number of nitrogens with zero attached hydrogens (tertiary/aromatic N) is 3. The molecule has 3 fully saturated rings. The van der Waals surface area contributed by atoms with Gasteiger partial charge in [-0.2, -0.15) is 0 Å². The summed E-state index contributed by atoms with van der Waals surface area (Å²) in [7, 11) is 0. The molecule has 3 aliphatic rings. The summed E-state index contributed by atoms with van der Waals surface area (Å²) in [5, 5.41) is 3.66. The fourth-order valence-corrected chi connectivity index (χ4v) is 4.96. The highest BCUT2D eigenvalue weighted by Gasteiger charge is 2.35. The normalized spacial score (nSPS) is 29.5. The second kappa shape index (κ2) is 9.18. The van der Waals surface area contributed by atoms with Crippen LogP contribution in [-0.2, 0) is 9.59 Å². The van der Waals surface area contributed by atoms with Crippen LogP contribution in [-0.4, -0.2) is 84.4 Å². The lowest BCUT2D eigenvalue weighted by Gasteiger charge is -2.30. The summed E-state index contributed by atoms with van der Waals surface area (Å²) in [6.45, 7) is 9.41. The number of carbonyl (C=O) groups is 2. The highest BCUT2D eigenvalue weighted by Crippen LogP contribution is 2.33. The molecule has 3 aliphatic heterocycles. The first-order chi connectivity index (χ1) is 12.6. The molecule has 148 valence electrons. The van der Waals surface area contributed by atoms with Crippen molar-refractivity contribution in [2.75, 3.05) is 45.8 Å². The Bertz CT molecular complexity index is 482. The SMILES string of the molecule is CCN(CC)C(=O)CN1CCCN(C(=O)CC2CC3CCC(C2)N3)CC1. The van der Waals surface area contributed by atoms with Gasteiger partial charge in [-0.3, -0.25) is 14.5 Å². The van der Waals surface area contributed by atoms with E-state index in [1.54, 1.807) is 0 Å². The third-order valence-corrected chi connectivity index (χ3v) is 6.45. The molecule has 2 atom stereocenters. The monoisotopic (exact) mass is 364 g/mol. The first-order valence-corrected chi connectivity index (χ1v) is 10.6. The third kappa shape index (κ3) is 4.97. The van der Waals surface area contributed by atoms with Crippen molar-refractivity contribution in [3.63, 3.8) is 0 Å². The van der Waals surface area contributed by atoms with Crippen LogP contribution >= 0.6 is 0 Å². The quantitative estimate of drug-likeness (QED) is 0.772. The molecule has 2 unspecified atom stereocenters. The van der Waals surface area contributed by atoms with Crippen LogP contribution in [0.5, 0.6) is 0 Å². The van der Waals surface area contributed by atoms with E-state index in [0.29, 0.717) is 36.9 Å². The number of piperidine rings is 1. The second-order valence-corrected chi connectivity index (χ2v) is 8.26. The molecule has 3 saturated heterocycles. The summed E-state index contributed by atoms with van der Waals surface area (Å²) in [6.07, 6.45) is 6.59. The number of amides is 2. The van der Waals surface area contributed by atoms with Gasteiger partial charge in [0.05, 0.1) is 6.54 Å². The van der Waals surface area contributed by atoms with Gasteiger partial charge < -0.3 is 15.1 Å². The Morgan fingerprint density at radius 3 is 2.35 bits per heavy atom. The lowest BCUT2D eigenvalue weighted by molar-refractivity contribution is -0.132. The number of likely N-dealkylation sites (N-methyl/N-ethyl adjacent to an activating group) is 1. The largest absolute Gasteiger partial charge is 0.342 e. The number of rotatable bonds is 6. The minimum absolute atomic E-state index is 0.208. The van der Waals surface area contributed by atoms with E-state index in [-0.39, 0.29) is 5.91 Å². The average molecular weight is 365 g/mol. The Morgan fingerprint density at radius 2 is 1.69 bits per heavy atom. The van der Waals surface area contributed by atoms with Gasteiger partial charge in [0.25, 0.3) is 0 Å². The highest BCUT2D eigenvalue weighted by atomic mass is 16.2. The van der Waals surface area contributed by atoms with Crippen LogP contribution in [0.25, 0.3) is 0 Å². The minimum Gasteiger partial charge on any atom is -0.342 e. The fraction of sp³-hybridized carbons (Fsp3) is 0.900. The van der Waals surface area contributed by atoms with E-state index in [9.17, 15) is 9.59 Å². The van der Waals surface area contributed by atoms with Gasteiger partial charge in [-0.1, -0.05) is 0 Å². The summed E-state index contributed by atoms with van der Waals surface area (Å²) < 4.78 is 0. The standard InChI is InChI=1S/C20H36N4O2/c1-3-23(4-2)20(26)15-22-8-5-9-24(11-10-22)19(25)14-16-12-17-6-7-18(13-16)21-17/h16-18,21H,3-15H2,1-2H3. The maximum atomic E-state index is 12.8. The smallest absolute Gasteiger partial charge is 0.236 e. The topological polar surface area (TPSA) is 55.9 Å². The Balaban J connectivity index is 1.44. The molecule has 3 heterocycles. The molecule has 2 bridgehead atoms. The zero-order chi connectivity index (χ0) is 18.5. The van der Waals surface area contributed by atoms with Crippen LogP contribution in [0.1, 0.15) is 52.4 Å². The first-order valence-electron chi connectivity index (χ1n) is 10.6. The lowest BCUT2D eigenvalue weighted by Crippen LogP contribution is -2.43. The van der Waals surface area contributed by atoms with Crippen LogP contribution in [0.4, 0.5) is 0 Å². The van der Waals surface area contributed by atoms with E-state index in [4.69, 9.17) is 0 Å². The Hall–Kier alpha value is -1.14.